The maximum atomic E-state index is 2.50. The highest BCUT2D eigenvalue weighted by Gasteiger charge is 2.18. The van der Waals surface area contributed by atoms with E-state index in [0.29, 0.717) is 0 Å². The van der Waals surface area contributed by atoms with Gasteiger partial charge in [0.15, 0.2) is 0 Å². The van der Waals surface area contributed by atoms with Crippen molar-refractivity contribution in [2.24, 2.45) is 5.92 Å². The van der Waals surface area contributed by atoms with E-state index in [1.54, 1.807) is 5.19 Å². The molecule has 1 aliphatic rings. The molecule has 1 aromatic rings. The van der Waals surface area contributed by atoms with Crippen LogP contribution in [0.2, 0.25) is 19.6 Å². The van der Waals surface area contributed by atoms with Gasteiger partial charge < -0.3 is 9.80 Å². The van der Waals surface area contributed by atoms with Crippen LogP contribution in [0.4, 0.5) is 0 Å². The van der Waals surface area contributed by atoms with Gasteiger partial charge in [0.1, 0.15) is 0 Å². The number of piperidine rings is 1. The Hall–Kier alpha value is -0.643. The summed E-state index contributed by atoms with van der Waals surface area (Å²) >= 11 is 0. The normalized spacial score (nSPS) is 18.4. The van der Waals surface area contributed by atoms with Gasteiger partial charge in [-0.25, -0.2) is 0 Å². The average Bonchev–Trinajstić information content (AvgIpc) is 2.41. The zero-order chi connectivity index (χ0) is 15.5. The lowest BCUT2D eigenvalue weighted by Gasteiger charge is -2.31. The molecule has 3 heteroatoms. The fraction of sp³-hybridized carbons (Fsp3) is 0.667. The second-order valence-corrected chi connectivity index (χ2v) is 13.0. The minimum atomic E-state index is -1.16. The zero-order valence-electron chi connectivity index (χ0n) is 14.5. The zero-order valence-corrected chi connectivity index (χ0v) is 15.5. The number of hydrogen-bond acceptors (Lipinski definition) is 2. The molecule has 1 aliphatic heterocycles. The smallest absolute Gasteiger partial charge is 0.0775 e. The van der Waals surface area contributed by atoms with Crippen LogP contribution >= 0.6 is 0 Å². The van der Waals surface area contributed by atoms with Gasteiger partial charge in [-0.2, -0.15) is 0 Å². The number of hydrogen-bond donors (Lipinski definition) is 0. The van der Waals surface area contributed by atoms with Gasteiger partial charge in [0.05, 0.1) is 8.07 Å². The Bertz CT molecular complexity index is 428. The quantitative estimate of drug-likeness (QED) is 0.772. The molecule has 0 spiro atoms. The first-order valence-corrected chi connectivity index (χ1v) is 11.8. The maximum Gasteiger partial charge on any atom is 0.0775 e. The second kappa shape index (κ2) is 7.08. The van der Waals surface area contributed by atoms with Crippen molar-refractivity contribution in [2.75, 3.05) is 33.7 Å². The molecule has 0 atom stereocenters. The van der Waals surface area contributed by atoms with E-state index in [1.165, 1.54) is 38.0 Å². The van der Waals surface area contributed by atoms with Crippen molar-refractivity contribution in [1.29, 1.82) is 0 Å². The first kappa shape index (κ1) is 16.7. The van der Waals surface area contributed by atoms with Gasteiger partial charge in [-0.3, -0.25) is 0 Å². The summed E-state index contributed by atoms with van der Waals surface area (Å²) in [4.78, 5) is 4.95. The number of nitrogens with zero attached hydrogens (tertiary/aromatic N) is 2. The lowest BCUT2D eigenvalue weighted by molar-refractivity contribution is 0.173. The van der Waals surface area contributed by atoms with E-state index in [4.69, 9.17) is 0 Å². The van der Waals surface area contributed by atoms with Crippen molar-refractivity contribution < 1.29 is 0 Å². The van der Waals surface area contributed by atoms with E-state index < -0.39 is 8.07 Å². The van der Waals surface area contributed by atoms with Crippen LogP contribution in [0, 0.1) is 5.92 Å². The summed E-state index contributed by atoms with van der Waals surface area (Å²) in [6.45, 7) is 12.1. The van der Waals surface area contributed by atoms with Crippen LogP contribution in [-0.4, -0.2) is 51.6 Å². The van der Waals surface area contributed by atoms with E-state index >= 15 is 0 Å². The molecule has 21 heavy (non-hydrogen) atoms. The predicted molar refractivity (Wildman–Crippen MR) is 96.0 cm³/mol. The molecule has 1 heterocycles. The van der Waals surface area contributed by atoms with Crippen molar-refractivity contribution in [3.63, 3.8) is 0 Å². The predicted octanol–water partition coefficient (Wildman–Crippen LogP) is 3.01. The standard InChI is InChI=1S/C18H32N2Si/c1-19-12-10-17(11-13-19)15-20(2)14-16-6-8-18(9-7-16)21(3,4)5/h6-9,17H,10-15H2,1-5H3. The third-order valence-electron chi connectivity index (χ3n) is 4.68. The molecule has 0 N–H and O–H groups in total. The lowest BCUT2D eigenvalue weighted by Crippen LogP contribution is -2.37. The van der Waals surface area contributed by atoms with Crippen molar-refractivity contribution in [3.05, 3.63) is 29.8 Å². The van der Waals surface area contributed by atoms with Gasteiger partial charge >= 0.3 is 0 Å². The van der Waals surface area contributed by atoms with E-state index in [1.807, 2.05) is 0 Å². The molecule has 1 saturated heterocycles. The molecule has 0 aliphatic carbocycles. The molecule has 0 amide bonds. The van der Waals surface area contributed by atoms with Gasteiger partial charge in [0.2, 0.25) is 0 Å². The largest absolute Gasteiger partial charge is 0.306 e. The van der Waals surface area contributed by atoms with Gasteiger partial charge in [-0.1, -0.05) is 49.1 Å². The highest BCUT2D eigenvalue weighted by molar-refractivity contribution is 6.88. The van der Waals surface area contributed by atoms with E-state index in [2.05, 4.69) is 67.8 Å². The minimum absolute atomic E-state index is 0.882. The Morgan fingerprint density at radius 1 is 1.10 bits per heavy atom. The Kier molecular flexibility index (Phi) is 5.64. The van der Waals surface area contributed by atoms with Crippen LogP contribution in [0.15, 0.2) is 24.3 Å². The molecule has 1 fully saturated rings. The summed E-state index contributed by atoms with van der Waals surface area (Å²) in [6, 6.07) is 9.37. The first-order chi connectivity index (χ1) is 9.84. The van der Waals surface area contributed by atoms with Crippen LogP contribution < -0.4 is 5.19 Å². The summed E-state index contributed by atoms with van der Waals surface area (Å²) in [5, 5.41) is 1.56. The third-order valence-corrected chi connectivity index (χ3v) is 6.75. The molecular formula is C18H32N2Si. The van der Waals surface area contributed by atoms with Gasteiger partial charge in [-0.15, -0.1) is 0 Å². The second-order valence-electron chi connectivity index (χ2n) is 7.89. The molecule has 0 saturated carbocycles. The summed E-state index contributed by atoms with van der Waals surface area (Å²) < 4.78 is 0. The van der Waals surface area contributed by atoms with Crippen LogP contribution in [0.1, 0.15) is 18.4 Å². The van der Waals surface area contributed by atoms with Crippen LogP contribution in [0.5, 0.6) is 0 Å². The van der Waals surface area contributed by atoms with Gasteiger partial charge in [0.25, 0.3) is 0 Å². The molecule has 2 nitrogen and oxygen atoms in total. The molecule has 0 unspecified atom stereocenters. The fourth-order valence-corrected chi connectivity index (χ4v) is 4.34. The summed E-state index contributed by atoms with van der Waals surface area (Å²) in [6.07, 6.45) is 2.71. The van der Waals surface area contributed by atoms with Crippen molar-refractivity contribution >= 4 is 13.3 Å². The number of benzene rings is 1. The van der Waals surface area contributed by atoms with E-state index in [9.17, 15) is 0 Å². The van der Waals surface area contributed by atoms with Crippen molar-refractivity contribution in [3.8, 4) is 0 Å². The summed E-state index contributed by atoms with van der Waals surface area (Å²) in [5.41, 5.74) is 1.45. The molecule has 0 bridgehead atoms. The van der Waals surface area contributed by atoms with Crippen LogP contribution in [-0.2, 0) is 6.54 Å². The topological polar surface area (TPSA) is 6.48 Å². The summed E-state index contributed by atoms with van der Waals surface area (Å²) in [7, 11) is 3.35. The van der Waals surface area contributed by atoms with Crippen LogP contribution in [0.3, 0.4) is 0 Å². The Balaban J connectivity index is 1.83. The maximum absolute atomic E-state index is 2.50. The van der Waals surface area contributed by atoms with E-state index in [-0.39, 0.29) is 0 Å². The monoisotopic (exact) mass is 304 g/mol. The highest BCUT2D eigenvalue weighted by Crippen LogP contribution is 2.17. The lowest BCUT2D eigenvalue weighted by atomic mass is 9.96. The Morgan fingerprint density at radius 3 is 2.19 bits per heavy atom. The Morgan fingerprint density at radius 2 is 1.67 bits per heavy atom. The SMILES string of the molecule is CN1CCC(CN(C)Cc2ccc([Si](C)(C)C)cc2)CC1. The Labute approximate surface area is 132 Å². The molecule has 0 radical (unpaired) electrons. The van der Waals surface area contributed by atoms with Crippen molar-refractivity contribution in [2.45, 2.75) is 39.0 Å². The highest BCUT2D eigenvalue weighted by atomic mass is 28.3. The van der Waals surface area contributed by atoms with E-state index in [0.717, 1.165) is 12.5 Å². The minimum Gasteiger partial charge on any atom is -0.306 e. The average molecular weight is 305 g/mol. The third kappa shape index (κ3) is 5.24. The van der Waals surface area contributed by atoms with Crippen LogP contribution in [0.25, 0.3) is 0 Å². The van der Waals surface area contributed by atoms with Crippen molar-refractivity contribution in [1.82, 2.24) is 9.80 Å². The number of rotatable bonds is 5. The van der Waals surface area contributed by atoms with Gasteiger partial charge in [-0.05, 0) is 51.5 Å². The molecule has 1 aromatic carbocycles. The molecule has 0 aromatic heterocycles. The molecule has 2 rings (SSSR count). The van der Waals surface area contributed by atoms with Gasteiger partial charge in [0, 0.05) is 13.1 Å². The molecule has 118 valence electrons. The first-order valence-electron chi connectivity index (χ1n) is 8.31. The molecular weight excluding hydrogens is 272 g/mol. The fourth-order valence-electron chi connectivity index (χ4n) is 3.17. The summed E-state index contributed by atoms with van der Waals surface area (Å²) in [5.74, 6) is 0.882. The number of likely N-dealkylation sites (tertiary alicyclic amines) is 1.